The van der Waals surface area contributed by atoms with Gasteiger partial charge < -0.3 is 9.73 Å². The van der Waals surface area contributed by atoms with Gasteiger partial charge in [-0.1, -0.05) is 23.7 Å². The van der Waals surface area contributed by atoms with Crippen LogP contribution >= 0.6 is 38.9 Å². The minimum atomic E-state index is 0.0258. The van der Waals surface area contributed by atoms with Crippen LogP contribution in [0.1, 0.15) is 16.7 Å². The van der Waals surface area contributed by atoms with Crippen LogP contribution in [-0.2, 0) is 0 Å². The molecule has 2 heterocycles. The molecule has 1 N–H and O–H groups in total. The summed E-state index contributed by atoms with van der Waals surface area (Å²) in [6.45, 7) is 0. The van der Waals surface area contributed by atoms with Crippen LogP contribution in [0.15, 0.2) is 44.6 Å². The van der Waals surface area contributed by atoms with Gasteiger partial charge in [-0.25, -0.2) is 0 Å². The molecule has 3 rings (SSSR count). The molecule has 5 heteroatoms. The van der Waals surface area contributed by atoms with Crippen LogP contribution in [0, 0.1) is 0 Å². The lowest BCUT2D eigenvalue weighted by atomic mass is 10.1. The average Bonchev–Trinajstić information content (AvgIpc) is 2.99. The number of halogens is 2. The van der Waals surface area contributed by atoms with Crippen LogP contribution in [0.5, 0.6) is 0 Å². The quantitative estimate of drug-likeness (QED) is 0.696. The standard InChI is InChI=1S/C14H11BrClNOS/c1-17-12(14-9(15)5-6-19-14)11-7-8-3-2-4-10(16)13(8)18-11/h2-7,12,17H,1H3. The Morgan fingerprint density at radius 3 is 2.84 bits per heavy atom. The van der Waals surface area contributed by atoms with Crippen molar-refractivity contribution in [3.05, 3.63) is 55.8 Å². The molecule has 0 fully saturated rings. The lowest BCUT2D eigenvalue weighted by Gasteiger charge is -2.12. The van der Waals surface area contributed by atoms with E-state index in [1.165, 1.54) is 4.88 Å². The number of para-hydroxylation sites is 1. The molecule has 1 atom stereocenters. The van der Waals surface area contributed by atoms with Crippen LogP contribution in [0.2, 0.25) is 5.02 Å². The Hall–Kier alpha value is -0.810. The molecule has 1 unspecified atom stereocenters. The summed E-state index contributed by atoms with van der Waals surface area (Å²) in [6.07, 6.45) is 0. The Labute approximate surface area is 128 Å². The topological polar surface area (TPSA) is 25.2 Å². The van der Waals surface area contributed by atoms with Gasteiger partial charge in [-0.05, 0) is 46.6 Å². The molecule has 0 radical (unpaired) electrons. The van der Waals surface area contributed by atoms with E-state index in [4.69, 9.17) is 16.0 Å². The van der Waals surface area contributed by atoms with Gasteiger partial charge in [0.05, 0.1) is 5.02 Å². The van der Waals surface area contributed by atoms with Crippen molar-refractivity contribution in [2.45, 2.75) is 6.04 Å². The van der Waals surface area contributed by atoms with Gasteiger partial charge in [0.1, 0.15) is 11.8 Å². The predicted molar refractivity (Wildman–Crippen MR) is 84.1 cm³/mol. The third kappa shape index (κ3) is 2.34. The summed E-state index contributed by atoms with van der Waals surface area (Å²) < 4.78 is 7.01. The summed E-state index contributed by atoms with van der Waals surface area (Å²) in [6, 6.07) is 9.88. The molecule has 0 amide bonds. The van der Waals surface area contributed by atoms with Gasteiger partial charge in [0.2, 0.25) is 0 Å². The molecule has 1 aromatic carbocycles. The maximum absolute atomic E-state index is 6.15. The molecule has 2 nitrogen and oxygen atoms in total. The van der Waals surface area contributed by atoms with Gasteiger partial charge in [-0.2, -0.15) is 0 Å². The second kappa shape index (κ2) is 5.29. The smallest absolute Gasteiger partial charge is 0.152 e. The number of thiophene rings is 1. The molecular formula is C14H11BrClNOS. The van der Waals surface area contributed by atoms with Crippen LogP contribution < -0.4 is 5.32 Å². The van der Waals surface area contributed by atoms with E-state index in [0.717, 1.165) is 21.2 Å². The number of rotatable bonds is 3. The fourth-order valence-corrected chi connectivity index (χ4v) is 4.04. The Bertz CT molecular complexity index is 721. The lowest BCUT2D eigenvalue weighted by Crippen LogP contribution is -2.16. The molecule has 0 saturated heterocycles. The third-order valence-corrected chi connectivity index (χ3v) is 5.23. The second-order valence-corrected chi connectivity index (χ2v) is 6.37. The number of nitrogens with one attached hydrogen (secondary N) is 1. The fraction of sp³-hybridized carbons (Fsp3) is 0.143. The first-order valence-corrected chi connectivity index (χ1v) is 7.84. The summed E-state index contributed by atoms with van der Waals surface area (Å²) >= 11 is 11.4. The maximum atomic E-state index is 6.15. The first-order valence-electron chi connectivity index (χ1n) is 5.79. The molecule has 0 aliphatic rings. The Kier molecular flexibility index (Phi) is 3.67. The minimum absolute atomic E-state index is 0.0258. The van der Waals surface area contributed by atoms with E-state index in [1.54, 1.807) is 11.3 Å². The van der Waals surface area contributed by atoms with Crippen LogP contribution in [0.25, 0.3) is 11.0 Å². The molecule has 0 aliphatic heterocycles. The van der Waals surface area contributed by atoms with Crippen molar-refractivity contribution in [2.75, 3.05) is 7.05 Å². The molecule has 0 bridgehead atoms. The summed E-state index contributed by atoms with van der Waals surface area (Å²) in [5, 5.41) is 7.01. The Balaban J connectivity index is 2.12. The minimum Gasteiger partial charge on any atom is -0.457 e. The van der Waals surface area contributed by atoms with E-state index in [2.05, 4.69) is 26.6 Å². The molecule has 0 spiro atoms. The summed E-state index contributed by atoms with van der Waals surface area (Å²) in [7, 11) is 1.92. The van der Waals surface area contributed by atoms with Gasteiger partial charge in [0.15, 0.2) is 5.58 Å². The van der Waals surface area contributed by atoms with Crippen LogP contribution in [0.4, 0.5) is 0 Å². The highest BCUT2D eigenvalue weighted by Gasteiger charge is 2.20. The summed E-state index contributed by atoms with van der Waals surface area (Å²) in [5.41, 5.74) is 0.743. The van der Waals surface area contributed by atoms with Crippen molar-refractivity contribution in [2.24, 2.45) is 0 Å². The van der Waals surface area contributed by atoms with E-state index in [1.807, 2.05) is 37.4 Å². The third-order valence-electron chi connectivity index (χ3n) is 3.00. The average molecular weight is 357 g/mol. The zero-order valence-corrected chi connectivity index (χ0v) is 13.3. The molecule has 0 aliphatic carbocycles. The monoisotopic (exact) mass is 355 g/mol. The molecule has 2 aromatic heterocycles. The van der Waals surface area contributed by atoms with E-state index in [9.17, 15) is 0 Å². The number of hydrogen-bond acceptors (Lipinski definition) is 3. The van der Waals surface area contributed by atoms with Crippen molar-refractivity contribution in [1.82, 2.24) is 5.32 Å². The molecule has 19 heavy (non-hydrogen) atoms. The normalized spacial score (nSPS) is 13.0. The maximum Gasteiger partial charge on any atom is 0.152 e. The lowest BCUT2D eigenvalue weighted by molar-refractivity contribution is 0.494. The number of benzene rings is 1. The Morgan fingerprint density at radius 2 is 2.21 bits per heavy atom. The molecular weight excluding hydrogens is 346 g/mol. The number of furan rings is 1. The summed E-state index contributed by atoms with van der Waals surface area (Å²) in [5.74, 6) is 0.869. The van der Waals surface area contributed by atoms with Gasteiger partial charge >= 0.3 is 0 Å². The Morgan fingerprint density at radius 1 is 1.37 bits per heavy atom. The predicted octanol–water partition coefficient (Wildman–Crippen LogP) is 5.22. The van der Waals surface area contributed by atoms with Gasteiger partial charge in [0, 0.05) is 14.7 Å². The number of hydrogen-bond donors (Lipinski definition) is 1. The summed E-state index contributed by atoms with van der Waals surface area (Å²) in [4.78, 5) is 1.19. The fourth-order valence-electron chi connectivity index (χ4n) is 2.10. The van der Waals surface area contributed by atoms with E-state index >= 15 is 0 Å². The highest BCUT2D eigenvalue weighted by Crippen LogP contribution is 2.36. The van der Waals surface area contributed by atoms with Crippen LogP contribution in [-0.4, -0.2) is 7.05 Å². The first-order chi connectivity index (χ1) is 9.20. The van der Waals surface area contributed by atoms with Crippen molar-refractivity contribution >= 4 is 49.8 Å². The van der Waals surface area contributed by atoms with Crippen LogP contribution in [0.3, 0.4) is 0 Å². The van der Waals surface area contributed by atoms with Crippen molar-refractivity contribution in [3.63, 3.8) is 0 Å². The van der Waals surface area contributed by atoms with Gasteiger partial charge in [-0.15, -0.1) is 11.3 Å². The van der Waals surface area contributed by atoms with E-state index in [-0.39, 0.29) is 6.04 Å². The molecule has 98 valence electrons. The zero-order chi connectivity index (χ0) is 13.4. The van der Waals surface area contributed by atoms with Crippen molar-refractivity contribution in [1.29, 1.82) is 0 Å². The number of fused-ring (bicyclic) bond motifs is 1. The second-order valence-electron chi connectivity index (χ2n) is 4.16. The van der Waals surface area contributed by atoms with Crippen molar-refractivity contribution in [3.8, 4) is 0 Å². The first kappa shape index (κ1) is 13.2. The SMILES string of the molecule is CNC(c1cc2cccc(Cl)c2o1)c1sccc1Br. The highest BCUT2D eigenvalue weighted by molar-refractivity contribution is 9.10. The largest absolute Gasteiger partial charge is 0.457 e. The van der Waals surface area contributed by atoms with Crippen molar-refractivity contribution < 1.29 is 4.42 Å². The molecule has 3 aromatic rings. The van der Waals surface area contributed by atoms with E-state index in [0.29, 0.717) is 5.02 Å². The van der Waals surface area contributed by atoms with E-state index < -0.39 is 0 Å². The highest BCUT2D eigenvalue weighted by atomic mass is 79.9. The van der Waals surface area contributed by atoms with Gasteiger partial charge in [-0.3, -0.25) is 0 Å². The zero-order valence-electron chi connectivity index (χ0n) is 10.1. The molecule has 0 saturated carbocycles. The van der Waals surface area contributed by atoms with Gasteiger partial charge in [0.25, 0.3) is 0 Å².